The van der Waals surface area contributed by atoms with Crippen molar-refractivity contribution >= 4 is 27.8 Å². The number of nitrogens with one attached hydrogen (secondary N) is 2. The highest BCUT2D eigenvalue weighted by Gasteiger charge is 2.12. The molecular weight excluding hydrogens is 288 g/mol. The van der Waals surface area contributed by atoms with Crippen LogP contribution in [0.4, 0.5) is 5.95 Å². The number of amides is 1. The molecule has 0 spiro atoms. The average Bonchev–Trinajstić information content (AvgIpc) is 2.32. The Labute approximate surface area is 108 Å². The second kappa shape index (κ2) is 7.18. The van der Waals surface area contributed by atoms with Crippen LogP contribution in [0.3, 0.4) is 0 Å². The van der Waals surface area contributed by atoms with Gasteiger partial charge >= 0.3 is 0 Å². The van der Waals surface area contributed by atoms with Gasteiger partial charge in [-0.15, -0.1) is 0 Å². The Morgan fingerprint density at radius 2 is 2.18 bits per heavy atom. The number of nitrogens with zero attached hydrogens (tertiary/aromatic N) is 2. The fourth-order valence-electron chi connectivity index (χ4n) is 1.08. The first kappa shape index (κ1) is 13.9. The Bertz CT molecular complexity index is 358. The second-order valence-corrected chi connectivity index (χ2v) is 4.29. The molecule has 0 saturated heterocycles. The maximum Gasteiger partial charge on any atom is 0.242 e. The van der Waals surface area contributed by atoms with E-state index >= 15 is 0 Å². The van der Waals surface area contributed by atoms with E-state index in [4.69, 9.17) is 4.74 Å². The first-order valence-corrected chi connectivity index (χ1v) is 5.93. The number of methoxy groups -OCH3 is 1. The number of carbonyl (C=O) groups is 1. The minimum Gasteiger partial charge on any atom is -0.383 e. The van der Waals surface area contributed by atoms with Gasteiger partial charge < -0.3 is 15.4 Å². The third-order valence-corrected chi connectivity index (χ3v) is 2.37. The number of halogens is 1. The van der Waals surface area contributed by atoms with Crippen LogP contribution in [0.15, 0.2) is 16.9 Å². The normalized spacial score (nSPS) is 11.9. The van der Waals surface area contributed by atoms with Crippen LogP contribution < -0.4 is 10.6 Å². The SMILES string of the molecule is COCCNC(=O)C(C)Nc1ncc(Br)cn1. The van der Waals surface area contributed by atoms with Gasteiger partial charge in [0.05, 0.1) is 11.1 Å². The second-order valence-electron chi connectivity index (χ2n) is 3.37. The van der Waals surface area contributed by atoms with Gasteiger partial charge in [0.15, 0.2) is 0 Å². The Morgan fingerprint density at radius 3 is 2.76 bits per heavy atom. The predicted octanol–water partition coefficient (Wildman–Crippen LogP) is 0.802. The molecule has 0 fully saturated rings. The highest BCUT2D eigenvalue weighted by Crippen LogP contribution is 2.07. The van der Waals surface area contributed by atoms with Crippen molar-refractivity contribution in [3.63, 3.8) is 0 Å². The van der Waals surface area contributed by atoms with E-state index in [9.17, 15) is 4.79 Å². The summed E-state index contributed by atoms with van der Waals surface area (Å²) in [5.74, 6) is 0.302. The Morgan fingerprint density at radius 1 is 1.53 bits per heavy atom. The first-order chi connectivity index (χ1) is 8.13. The number of anilines is 1. The predicted molar refractivity (Wildman–Crippen MR) is 67.7 cm³/mol. The molecule has 1 heterocycles. The zero-order chi connectivity index (χ0) is 12.7. The van der Waals surface area contributed by atoms with Crippen LogP contribution in [0.5, 0.6) is 0 Å². The highest BCUT2D eigenvalue weighted by atomic mass is 79.9. The highest BCUT2D eigenvalue weighted by molar-refractivity contribution is 9.10. The van der Waals surface area contributed by atoms with Crippen LogP contribution in [0.25, 0.3) is 0 Å². The largest absolute Gasteiger partial charge is 0.383 e. The van der Waals surface area contributed by atoms with Gasteiger partial charge in [0.1, 0.15) is 6.04 Å². The van der Waals surface area contributed by atoms with Crippen molar-refractivity contribution in [1.29, 1.82) is 0 Å². The molecule has 1 unspecified atom stereocenters. The molecule has 0 bridgehead atoms. The van der Waals surface area contributed by atoms with Crippen LogP contribution >= 0.6 is 15.9 Å². The lowest BCUT2D eigenvalue weighted by Gasteiger charge is -2.13. The van der Waals surface area contributed by atoms with Gasteiger partial charge in [-0.2, -0.15) is 0 Å². The van der Waals surface area contributed by atoms with Gasteiger partial charge in [0, 0.05) is 26.0 Å². The van der Waals surface area contributed by atoms with Crippen molar-refractivity contribution in [1.82, 2.24) is 15.3 Å². The van der Waals surface area contributed by atoms with E-state index in [0.29, 0.717) is 19.1 Å². The van der Waals surface area contributed by atoms with Crippen LogP contribution in [0, 0.1) is 0 Å². The van der Waals surface area contributed by atoms with Crippen molar-refractivity contribution < 1.29 is 9.53 Å². The zero-order valence-electron chi connectivity index (χ0n) is 9.74. The lowest BCUT2D eigenvalue weighted by atomic mass is 10.3. The van der Waals surface area contributed by atoms with Gasteiger partial charge in [0.2, 0.25) is 11.9 Å². The molecule has 1 atom stereocenters. The minimum atomic E-state index is -0.395. The third kappa shape index (κ3) is 5.10. The molecule has 0 aliphatic carbocycles. The van der Waals surface area contributed by atoms with Gasteiger partial charge in [0.25, 0.3) is 0 Å². The summed E-state index contributed by atoms with van der Waals surface area (Å²) in [5.41, 5.74) is 0. The summed E-state index contributed by atoms with van der Waals surface area (Å²) in [6.45, 7) is 2.73. The molecule has 0 aromatic carbocycles. The minimum absolute atomic E-state index is 0.117. The smallest absolute Gasteiger partial charge is 0.242 e. The molecule has 17 heavy (non-hydrogen) atoms. The number of hydrogen-bond acceptors (Lipinski definition) is 5. The van der Waals surface area contributed by atoms with E-state index in [1.807, 2.05) is 0 Å². The number of carbonyl (C=O) groups excluding carboxylic acids is 1. The summed E-state index contributed by atoms with van der Waals surface area (Å²) < 4.78 is 5.63. The molecule has 0 radical (unpaired) electrons. The van der Waals surface area contributed by atoms with Crippen LogP contribution in [-0.2, 0) is 9.53 Å². The molecule has 94 valence electrons. The maximum absolute atomic E-state index is 11.6. The summed E-state index contributed by atoms with van der Waals surface area (Å²) in [6.07, 6.45) is 3.23. The maximum atomic E-state index is 11.6. The van der Waals surface area contributed by atoms with E-state index in [2.05, 4.69) is 36.5 Å². The van der Waals surface area contributed by atoms with Crippen molar-refractivity contribution in [2.24, 2.45) is 0 Å². The van der Waals surface area contributed by atoms with E-state index in [1.54, 1.807) is 26.4 Å². The molecule has 0 saturated carbocycles. The monoisotopic (exact) mass is 302 g/mol. The summed E-state index contributed by atoms with van der Waals surface area (Å²) in [7, 11) is 1.59. The number of ether oxygens (including phenoxy) is 1. The summed E-state index contributed by atoms with van der Waals surface area (Å²) in [5, 5.41) is 5.62. The van der Waals surface area contributed by atoms with E-state index in [1.165, 1.54) is 0 Å². The Kier molecular flexibility index (Phi) is 5.85. The zero-order valence-corrected chi connectivity index (χ0v) is 11.3. The fourth-order valence-corrected chi connectivity index (χ4v) is 1.28. The Hall–Kier alpha value is -1.21. The molecule has 1 amide bonds. The Balaban J connectivity index is 2.40. The third-order valence-electron chi connectivity index (χ3n) is 1.96. The molecular formula is C10H15BrN4O2. The standard InChI is InChI=1S/C10H15BrN4O2/c1-7(9(16)12-3-4-17-2)15-10-13-5-8(11)6-14-10/h5-7H,3-4H2,1-2H3,(H,12,16)(H,13,14,15). The first-order valence-electron chi connectivity index (χ1n) is 5.14. The van der Waals surface area contributed by atoms with E-state index in [-0.39, 0.29) is 5.91 Å². The molecule has 7 heteroatoms. The summed E-state index contributed by atoms with van der Waals surface area (Å²) in [4.78, 5) is 19.6. The van der Waals surface area contributed by atoms with Gasteiger partial charge in [-0.1, -0.05) is 0 Å². The number of rotatable bonds is 6. The van der Waals surface area contributed by atoms with Crippen LogP contribution in [0.2, 0.25) is 0 Å². The number of aromatic nitrogens is 2. The summed E-state index contributed by atoms with van der Waals surface area (Å²) in [6, 6.07) is -0.395. The van der Waals surface area contributed by atoms with E-state index in [0.717, 1.165) is 4.47 Å². The quantitative estimate of drug-likeness (QED) is 0.760. The molecule has 0 aliphatic heterocycles. The molecule has 0 aliphatic rings. The van der Waals surface area contributed by atoms with Crippen molar-refractivity contribution in [3.05, 3.63) is 16.9 Å². The molecule has 1 rings (SSSR count). The summed E-state index contributed by atoms with van der Waals surface area (Å²) >= 11 is 3.24. The van der Waals surface area contributed by atoms with Crippen LogP contribution in [-0.4, -0.2) is 42.2 Å². The lowest BCUT2D eigenvalue weighted by molar-refractivity contribution is -0.121. The van der Waals surface area contributed by atoms with E-state index < -0.39 is 6.04 Å². The number of hydrogen-bond donors (Lipinski definition) is 2. The van der Waals surface area contributed by atoms with Crippen molar-refractivity contribution in [3.8, 4) is 0 Å². The topological polar surface area (TPSA) is 76.1 Å². The van der Waals surface area contributed by atoms with Gasteiger partial charge in [-0.25, -0.2) is 9.97 Å². The molecule has 1 aromatic heterocycles. The molecule has 6 nitrogen and oxygen atoms in total. The lowest BCUT2D eigenvalue weighted by Crippen LogP contribution is -2.39. The van der Waals surface area contributed by atoms with Gasteiger partial charge in [-0.3, -0.25) is 4.79 Å². The molecule has 1 aromatic rings. The van der Waals surface area contributed by atoms with Crippen molar-refractivity contribution in [2.75, 3.05) is 25.6 Å². The van der Waals surface area contributed by atoms with Crippen molar-refractivity contribution in [2.45, 2.75) is 13.0 Å². The van der Waals surface area contributed by atoms with Gasteiger partial charge in [-0.05, 0) is 22.9 Å². The average molecular weight is 303 g/mol. The fraction of sp³-hybridized carbons (Fsp3) is 0.500. The van der Waals surface area contributed by atoms with Crippen LogP contribution in [0.1, 0.15) is 6.92 Å². The molecule has 2 N–H and O–H groups in total.